The van der Waals surface area contributed by atoms with Gasteiger partial charge in [0.15, 0.2) is 13.2 Å². The van der Waals surface area contributed by atoms with Crippen molar-refractivity contribution in [1.82, 2.24) is 0 Å². The third kappa shape index (κ3) is 6.93. The van der Waals surface area contributed by atoms with Gasteiger partial charge >= 0.3 is 12.6 Å². The molecule has 0 bridgehead atoms. The molecule has 0 saturated heterocycles. The van der Waals surface area contributed by atoms with E-state index in [-0.39, 0.29) is 12.4 Å². The molecule has 2 aromatic carbocycles. The maximum atomic E-state index is 12.1. The van der Waals surface area contributed by atoms with Crippen LogP contribution in [0.4, 0.5) is 14.5 Å². The fraction of sp³-hybridized carbons (Fsp3) is 0.263. The lowest BCUT2D eigenvalue weighted by molar-refractivity contribution is -0.149. The average molecular weight is 379 g/mol. The Labute approximate surface area is 155 Å². The number of rotatable bonds is 8. The fourth-order valence-electron chi connectivity index (χ4n) is 2.05. The molecule has 0 unspecified atom stereocenters. The van der Waals surface area contributed by atoms with Crippen molar-refractivity contribution in [2.24, 2.45) is 0 Å². The standard InChI is InChI=1S/C19H19F2NO5/c1-12-3-6-16(9-13(12)2)25-11-18(24)26-10-17(23)22-14-4-7-15(8-5-14)27-19(20)21/h3-9,19H,10-11H2,1-2H3,(H,22,23). The molecule has 8 heteroatoms. The van der Waals surface area contributed by atoms with Crippen LogP contribution in [0.15, 0.2) is 42.5 Å². The summed E-state index contributed by atoms with van der Waals surface area (Å²) in [5.41, 5.74) is 2.49. The summed E-state index contributed by atoms with van der Waals surface area (Å²) in [5, 5.41) is 2.47. The first-order chi connectivity index (χ1) is 12.8. The first-order valence-corrected chi connectivity index (χ1v) is 8.04. The number of hydrogen-bond acceptors (Lipinski definition) is 5. The van der Waals surface area contributed by atoms with Crippen LogP contribution in [-0.4, -0.2) is 31.7 Å². The summed E-state index contributed by atoms with van der Waals surface area (Å²) in [5.74, 6) is -0.760. The van der Waals surface area contributed by atoms with E-state index in [9.17, 15) is 18.4 Å². The van der Waals surface area contributed by atoms with Gasteiger partial charge in [-0.15, -0.1) is 0 Å². The van der Waals surface area contributed by atoms with E-state index in [2.05, 4.69) is 10.1 Å². The minimum absolute atomic E-state index is 0.0297. The molecule has 0 aromatic heterocycles. The number of benzene rings is 2. The van der Waals surface area contributed by atoms with Gasteiger partial charge in [-0.05, 0) is 61.4 Å². The van der Waals surface area contributed by atoms with Gasteiger partial charge in [-0.2, -0.15) is 8.78 Å². The number of anilines is 1. The second-order valence-corrected chi connectivity index (χ2v) is 5.65. The van der Waals surface area contributed by atoms with Crippen LogP contribution in [0.2, 0.25) is 0 Å². The van der Waals surface area contributed by atoms with Gasteiger partial charge in [-0.1, -0.05) is 6.07 Å². The minimum Gasteiger partial charge on any atom is -0.482 e. The molecular weight excluding hydrogens is 360 g/mol. The Kier molecular flexibility index (Phi) is 7.10. The molecule has 144 valence electrons. The van der Waals surface area contributed by atoms with Crippen molar-refractivity contribution in [3.05, 3.63) is 53.6 Å². The van der Waals surface area contributed by atoms with Gasteiger partial charge in [0.2, 0.25) is 0 Å². The minimum atomic E-state index is -2.92. The molecule has 2 rings (SSSR count). The number of aryl methyl sites for hydroxylation is 2. The molecule has 0 fully saturated rings. The lowest BCUT2D eigenvalue weighted by Gasteiger charge is -2.09. The molecule has 6 nitrogen and oxygen atoms in total. The number of esters is 1. The topological polar surface area (TPSA) is 73.9 Å². The summed E-state index contributed by atoms with van der Waals surface area (Å²) in [7, 11) is 0. The van der Waals surface area contributed by atoms with Crippen molar-refractivity contribution < 1.29 is 32.6 Å². The van der Waals surface area contributed by atoms with Crippen LogP contribution in [0.3, 0.4) is 0 Å². The third-order valence-corrected chi connectivity index (χ3v) is 3.56. The Hall–Kier alpha value is -3.16. The van der Waals surface area contributed by atoms with Crippen LogP contribution >= 0.6 is 0 Å². The summed E-state index contributed by atoms with van der Waals surface area (Å²) >= 11 is 0. The van der Waals surface area contributed by atoms with Crippen LogP contribution in [0.5, 0.6) is 11.5 Å². The highest BCUT2D eigenvalue weighted by molar-refractivity contribution is 5.92. The number of amides is 1. The highest BCUT2D eigenvalue weighted by Gasteiger charge is 2.10. The van der Waals surface area contributed by atoms with Crippen LogP contribution in [0.25, 0.3) is 0 Å². The van der Waals surface area contributed by atoms with Gasteiger partial charge in [-0.3, -0.25) is 4.79 Å². The van der Waals surface area contributed by atoms with Crippen molar-refractivity contribution in [2.45, 2.75) is 20.5 Å². The van der Waals surface area contributed by atoms with Crippen molar-refractivity contribution in [3.8, 4) is 11.5 Å². The predicted molar refractivity (Wildman–Crippen MR) is 94.1 cm³/mol. The van der Waals surface area contributed by atoms with Crippen molar-refractivity contribution in [2.75, 3.05) is 18.5 Å². The smallest absolute Gasteiger partial charge is 0.387 e. The van der Waals surface area contributed by atoms with E-state index in [0.29, 0.717) is 11.4 Å². The maximum absolute atomic E-state index is 12.1. The van der Waals surface area contributed by atoms with Crippen LogP contribution < -0.4 is 14.8 Å². The normalized spacial score (nSPS) is 10.4. The quantitative estimate of drug-likeness (QED) is 0.711. The van der Waals surface area contributed by atoms with Crippen molar-refractivity contribution in [3.63, 3.8) is 0 Å². The molecule has 0 aliphatic heterocycles. The number of hydrogen-bond donors (Lipinski definition) is 1. The average Bonchev–Trinajstić information content (AvgIpc) is 2.62. The van der Waals surface area contributed by atoms with E-state index in [1.165, 1.54) is 24.3 Å². The van der Waals surface area contributed by atoms with Gasteiger partial charge < -0.3 is 19.5 Å². The number of carbonyl (C=O) groups is 2. The molecule has 0 heterocycles. The second-order valence-electron chi connectivity index (χ2n) is 5.65. The molecule has 27 heavy (non-hydrogen) atoms. The molecule has 0 aliphatic rings. The largest absolute Gasteiger partial charge is 0.482 e. The number of nitrogens with one attached hydrogen (secondary N) is 1. The van der Waals surface area contributed by atoms with E-state index in [4.69, 9.17) is 9.47 Å². The van der Waals surface area contributed by atoms with Gasteiger partial charge in [0.05, 0.1) is 0 Å². The monoisotopic (exact) mass is 379 g/mol. The molecule has 2 aromatic rings. The van der Waals surface area contributed by atoms with E-state index < -0.39 is 25.1 Å². The summed E-state index contributed by atoms with van der Waals surface area (Å²) in [6.07, 6.45) is 0. The molecule has 0 saturated carbocycles. The Bertz CT molecular complexity index is 793. The molecule has 0 aliphatic carbocycles. The third-order valence-electron chi connectivity index (χ3n) is 3.56. The lowest BCUT2D eigenvalue weighted by atomic mass is 10.1. The van der Waals surface area contributed by atoms with Gasteiger partial charge in [0.1, 0.15) is 11.5 Å². The number of halogens is 2. The Morgan fingerprint density at radius 3 is 2.26 bits per heavy atom. The van der Waals surface area contributed by atoms with Crippen LogP contribution in [-0.2, 0) is 14.3 Å². The Morgan fingerprint density at radius 2 is 1.63 bits per heavy atom. The van der Waals surface area contributed by atoms with E-state index in [1.807, 2.05) is 19.9 Å². The van der Waals surface area contributed by atoms with Crippen LogP contribution in [0, 0.1) is 13.8 Å². The Balaban J connectivity index is 1.72. The summed E-state index contributed by atoms with van der Waals surface area (Å²) in [6.45, 7) is 0.151. The van der Waals surface area contributed by atoms with Gasteiger partial charge in [0.25, 0.3) is 5.91 Å². The van der Waals surface area contributed by atoms with Gasteiger partial charge in [-0.25, -0.2) is 4.79 Å². The Morgan fingerprint density at radius 1 is 0.963 bits per heavy atom. The van der Waals surface area contributed by atoms with E-state index in [1.54, 1.807) is 12.1 Å². The van der Waals surface area contributed by atoms with E-state index >= 15 is 0 Å². The molecular formula is C19H19F2NO5. The predicted octanol–water partition coefficient (Wildman–Crippen LogP) is 3.47. The second kappa shape index (κ2) is 9.51. The number of alkyl halides is 2. The molecule has 1 N–H and O–H groups in total. The molecule has 1 amide bonds. The molecule has 0 spiro atoms. The zero-order valence-corrected chi connectivity index (χ0v) is 14.8. The SMILES string of the molecule is Cc1ccc(OCC(=O)OCC(=O)Nc2ccc(OC(F)F)cc2)cc1C. The zero-order valence-electron chi connectivity index (χ0n) is 14.8. The zero-order chi connectivity index (χ0) is 19.8. The highest BCUT2D eigenvalue weighted by Crippen LogP contribution is 2.18. The fourth-order valence-corrected chi connectivity index (χ4v) is 2.05. The van der Waals surface area contributed by atoms with Gasteiger partial charge in [0, 0.05) is 5.69 Å². The highest BCUT2D eigenvalue weighted by atomic mass is 19.3. The molecule has 0 atom stereocenters. The number of carbonyl (C=O) groups excluding carboxylic acids is 2. The number of ether oxygens (including phenoxy) is 3. The summed E-state index contributed by atoms with van der Waals surface area (Å²) < 4.78 is 38.5. The first-order valence-electron chi connectivity index (χ1n) is 8.04. The first kappa shape index (κ1) is 20.2. The molecule has 0 radical (unpaired) electrons. The van der Waals surface area contributed by atoms with E-state index in [0.717, 1.165) is 11.1 Å². The van der Waals surface area contributed by atoms with Crippen molar-refractivity contribution >= 4 is 17.6 Å². The lowest BCUT2D eigenvalue weighted by Crippen LogP contribution is -2.23. The maximum Gasteiger partial charge on any atom is 0.387 e. The summed E-state index contributed by atoms with van der Waals surface area (Å²) in [4.78, 5) is 23.4. The van der Waals surface area contributed by atoms with Crippen molar-refractivity contribution in [1.29, 1.82) is 0 Å². The summed E-state index contributed by atoms with van der Waals surface area (Å²) in [6, 6.07) is 10.8. The van der Waals surface area contributed by atoms with Crippen LogP contribution in [0.1, 0.15) is 11.1 Å².